The Bertz CT molecular complexity index is 780. The van der Waals surface area contributed by atoms with Crippen LogP contribution in [0.15, 0.2) is 35.3 Å². The maximum Gasteiger partial charge on any atom is 0.178 e. The number of carbonyl (C=O) groups excluding carboxylic acids is 1. The van der Waals surface area contributed by atoms with Gasteiger partial charge in [0.05, 0.1) is 6.10 Å². The van der Waals surface area contributed by atoms with E-state index in [1.54, 1.807) is 12.2 Å². The van der Waals surface area contributed by atoms with Gasteiger partial charge >= 0.3 is 0 Å². The molecule has 0 aliphatic heterocycles. The zero-order valence-corrected chi connectivity index (χ0v) is 16.3. The Labute approximate surface area is 160 Å². The average Bonchev–Trinajstić information content (AvgIpc) is 2.87. The Morgan fingerprint density at radius 2 is 1.96 bits per heavy atom. The summed E-state index contributed by atoms with van der Waals surface area (Å²) in [5.41, 5.74) is -0.427. The van der Waals surface area contributed by atoms with Crippen molar-refractivity contribution in [2.45, 2.75) is 64.6 Å². The van der Waals surface area contributed by atoms with Crippen molar-refractivity contribution in [3.8, 4) is 0 Å². The molecule has 0 aromatic rings. The van der Waals surface area contributed by atoms with Crippen molar-refractivity contribution in [2.24, 2.45) is 28.6 Å². The third-order valence-corrected chi connectivity index (χ3v) is 8.73. The van der Waals surface area contributed by atoms with Gasteiger partial charge in [0, 0.05) is 16.7 Å². The van der Waals surface area contributed by atoms with E-state index in [0.717, 1.165) is 30.4 Å². The summed E-state index contributed by atoms with van der Waals surface area (Å²) >= 11 is 0. The largest absolute Gasteiger partial charge is 0.512 e. The Balaban J connectivity index is 1.79. The number of rotatable bonds is 1. The molecule has 3 saturated carbocycles. The second kappa shape index (κ2) is 5.71. The normalized spacial score (nSPS) is 49.7. The molecule has 5 heteroatoms. The molecule has 4 N–H and O–H groups in total. The number of hydrogen-bond acceptors (Lipinski definition) is 5. The minimum absolute atomic E-state index is 0.0116. The highest BCUT2D eigenvalue weighted by atomic mass is 16.3. The van der Waals surface area contributed by atoms with Crippen LogP contribution in [0.3, 0.4) is 0 Å². The molecule has 7 atom stereocenters. The zero-order valence-electron chi connectivity index (χ0n) is 16.3. The third kappa shape index (κ3) is 2.16. The van der Waals surface area contributed by atoms with Crippen LogP contribution in [0.5, 0.6) is 0 Å². The fraction of sp³-hybridized carbons (Fsp3) is 0.682. The molecule has 0 radical (unpaired) electrons. The van der Waals surface area contributed by atoms with Gasteiger partial charge in [-0.25, -0.2) is 0 Å². The van der Waals surface area contributed by atoms with Crippen LogP contribution in [0.25, 0.3) is 0 Å². The lowest BCUT2D eigenvalue weighted by molar-refractivity contribution is -0.162. The van der Waals surface area contributed by atoms with Gasteiger partial charge in [-0.2, -0.15) is 0 Å². The fourth-order valence-electron chi connectivity index (χ4n) is 7.21. The summed E-state index contributed by atoms with van der Waals surface area (Å²) < 4.78 is 0. The van der Waals surface area contributed by atoms with Crippen molar-refractivity contribution in [3.05, 3.63) is 35.3 Å². The van der Waals surface area contributed by atoms with E-state index in [4.69, 9.17) is 0 Å². The van der Waals surface area contributed by atoms with Crippen LogP contribution in [0.4, 0.5) is 0 Å². The first-order chi connectivity index (χ1) is 12.6. The number of aliphatic hydroxyl groups excluding tert-OH is 3. The minimum Gasteiger partial charge on any atom is -0.512 e. The van der Waals surface area contributed by atoms with Gasteiger partial charge < -0.3 is 20.4 Å². The van der Waals surface area contributed by atoms with Crippen LogP contribution >= 0.6 is 0 Å². The van der Waals surface area contributed by atoms with Crippen molar-refractivity contribution in [1.82, 2.24) is 0 Å². The maximum atomic E-state index is 12.0. The maximum absolute atomic E-state index is 12.0. The Morgan fingerprint density at radius 1 is 1.26 bits per heavy atom. The summed E-state index contributed by atoms with van der Waals surface area (Å²) in [6.07, 6.45) is 6.53. The van der Waals surface area contributed by atoms with E-state index < -0.39 is 22.9 Å². The van der Waals surface area contributed by atoms with Crippen molar-refractivity contribution in [2.75, 3.05) is 0 Å². The van der Waals surface area contributed by atoms with Gasteiger partial charge in [0.2, 0.25) is 0 Å². The van der Waals surface area contributed by atoms with E-state index in [9.17, 15) is 25.2 Å². The molecule has 0 saturated heterocycles. The molecular weight excluding hydrogens is 344 g/mol. The van der Waals surface area contributed by atoms with Crippen molar-refractivity contribution in [1.29, 1.82) is 0 Å². The molecule has 0 amide bonds. The zero-order chi connectivity index (χ0) is 19.8. The minimum atomic E-state index is -1.51. The van der Waals surface area contributed by atoms with E-state index in [1.807, 2.05) is 13.8 Å². The number of aliphatic hydroxyl groups is 4. The molecular formula is C22H30O5. The highest BCUT2D eigenvalue weighted by molar-refractivity contribution is 6.02. The molecule has 0 aromatic heterocycles. The SMILES string of the molecule is CC1=CC(=O)C=C2CC[C@@H]3[C@H]([C@@H](O)C[C@@]4(C)[C@H]3CC[C@]4(O)/C(O)=C\O)[C@]12C. The van der Waals surface area contributed by atoms with Gasteiger partial charge in [-0.05, 0) is 63.0 Å². The van der Waals surface area contributed by atoms with E-state index in [-0.39, 0.29) is 29.0 Å². The Hall–Kier alpha value is -1.59. The summed E-state index contributed by atoms with van der Waals surface area (Å²) in [6.45, 7) is 6.07. The van der Waals surface area contributed by atoms with Gasteiger partial charge in [-0.1, -0.05) is 25.0 Å². The quantitative estimate of drug-likeness (QED) is 0.528. The molecule has 0 unspecified atom stereocenters. The first-order valence-electron chi connectivity index (χ1n) is 9.97. The van der Waals surface area contributed by atoms with E-state index in [1.165, 1.54) is 0 Å². The lowest BCUT2D eigenvalue weighted by atomic mass is 9.45. The average molecular weight is 374 g/mol. The summed E-state index contributed by atoms with van der Waals surface area (Å²) in [5.74, 6) is -0.0517. The number of carbonyl (C=O) groups is 1. The number of ketones is 1. The van der Waals surface area contributed by atoms with Crippen LogP contribution in [0, 0.1) is 28.6 Å². The third-order valence-electron chi connectivity index (χ3n) is 8.73. The summed E-state index contributed by atoms with van der Waals surface area (Å²) in [4.78, 5) is 12.0. The smallest absolute Gasteiger partial charge is 0.178 e. The molecule has 27 heavy (non-hydrogen) atoms. The summed E-state index contributed by atoms with van der Waals surface area (Å²) in [6, 6.07) is 0. The molecule has 4 aliphatic carbocycles. The summed E-state index contributed by atoms with van der Waals surface area (Å²) in [7, 11) is 0. The highest BCUT2D eigenvalue weighted by Crippen LogP contribution is 2.68. The van der Waals surface area contributed by atoms with Gasteiger partial charge in [0.15, 0.2) is 11.5 Å². The molecule has 4 rings (SSSR count). The number of hydrogen-bond donors (Lipinski definition) is 4. The van der Waals surface area contributed by atoms with Gasteiger partial charge in [0.25, 0.3) is 0 Å². The van der Waals surface area contributed by atoms with E-state index in [2.05, 4.69) is 6.92 Å². The highest BCUT2D eigenvalue weighted by Gasteiger charge is 2.67. The second-order valence-corrected chi connectivity index (χ2v) is 9.54. The predicted octanol–water partition coefficient (Wildman–Crippen LogP) is 3.34. The van der Waals surface area contributed by atoms with Gasteiger partial charge in [-0.3, -0.25) is 4.79 Å². The van der Waals surface area contributed by atoms with Crippen LogP contribution in [-0.2, 0) is 4.79 Å². The van der Waals surface area contributed by atoms with Crippen LogP contribution in [0.1, 0.15) is 52.9 Å². The summed E-state index contributed by atoms with van der Waals surface area (Å²) in [5, 5.41) is 42.1. The van der Waals surface area contributed by atoms with Crippen molar-refractivity contribution < 1.29 is 25.2 Å². The number of fused-ring (bicyclic) bond motifs is 5. The van der Waals surface area contributed by atoms with Gasteiger partial charge in [0.1, 0.15) is 11.9 Å². The van der Waals surface area contributed by atoms with E-state index >= 15 is 0 Å². The monoisotopic (exact) mass is 374 g/mol. The van der Waals surface area contributed by atoms with E-state index in [0.29, 0.717) is 19.1 Å². The molecule has 3 fully saturated rings. The lowest BCUT2D eigenvalue weighted by Gasteiger charge is -2.60. The van der Waals surface area contributed by atoms with Crippen molar-refractivity contribution in [3.63, 3.8) is 0 Å². The molecule has 0 aromatic carbocycles. The van der Waals surface area contributed by atoms with Crippen LogP contribution in [0.2, 0.25) is 0 Å². The lowest BCUT2D eigenvalue weighted by Crippen LogP contribution is -2.60. The Morgan fingerprint density at radius 3 is 2.63 bits per heavy atom. The van der Waals surface area contributed by atoms with Crippen LogP contribution < -0.4 is 0 Å². The predicted molar refractivity (Wildman–Crippen MR) is 101 cm³/mol. The second-order valence-electron chi connectivity index (χ2n) is 9.54. The standard InChI is InChI=1S/C22H30O5/c1-12-8-14(24)9-13-4-5-15-16-6-7-22(27,18(26)11-23)20(16,2)10-17(25)19(15)21(12,13)3/h8-9,11,15-17,19,23,25-27H,4-7,10H2,1-3H3/b18-11+/t15-,16-,17-,19+,20-,21+,22-/m0/s1. The molecule has 4 aliphatic rings. The molecule has 148 valence electrons. The first kappa shape index (κ1) is 18.8. The first-order valence-corrected chi connectivity index (χ1v) is 9.97. The van der Waals surface area contributed by atoms with Gasteiger partial charge in [-0.15, -0.1) is 0 Å². The molecule has 5 nitrogen and oxygen atoms in total. The molecule has 0 heterocycles. The fourth-order valence-corrected chi connectivity index (χ4v) is 7.21. The topological polar surface area (TPSA) is 98.0 Å². The Kier molecular flexibility index (Phi) is 3.97. The van der Waals surface area contributed by atoms with Crippen LogP contribution in [-0.4, -0.2) is 37.9 Å². The molecule has 0 spiro atoms. The molecule has 0 bridgehead atoms. The van der Waals surface area contributed by atoms with Crippen molar-refractivity contribution >= 4 is 5.78 Å². The number of allylic oxidation sites excluding steroid dienone is 4.